The van der Waals surface area contributed by atoms with Crippen LogP contribution in [0.5, 0.6) is 5.75 Å². The molecule has 3 nitrogen and oxygen atoms in total. The van der Waals surface area contributed by atoms with E-state index in [1.165, 1.54) is 32.7 Å². The van der Waals surface area contributed by atoms with Gasteiger partial charge in [-0.05, 0) is 84.2 Å². The smallest absolute Gasteiger partial charge is 0.261 e. The second kappa shape index (κ2) is 7.10. The zero-order valence-corrected chi connectivity index (χ0v) is 16.8. The normalized spacial score (nSPS) is 17.2. The van der Waals surface area contributed by atoms with E-state index in [0.717, 1.165) is 42.7 Å². The van der Waals surface area contributed by atoms with Gasteiger partial charge in [0, 0.05) is 4.88 Å². The summed E-state index contributed by atoms with van der Waals surface area (Å²) in [7, 11) is 1.70. The van der Waals surface area contributed by atoms with Crippen molar-refractivity contribution in [3.63, 3.8) is 0 Å². The van der Waals surface area contributed by atoms with Gasteiger partial charge in [-0.2, -0.15) is 0 Å². The van der Waals surface area contributed by atoms with Crippen molar-refractivity contribution in [2.75, 3.05) is 7.11 Å². The van der Waals surface area contributed by atoms with Crippen LogP contribution in [-0.4, -0.2) is 13.0 Å². The van der Waals surface area contributed by atoms with E-state index in [1.54, 1.807) is 18.4 Å². The molecule has 0 saturated carbocycles. The molecule has 28 heavy (non-hydrogen) atoms. The van der Waals surface area contributed by atoms with Crippen molar-refractivity contribution in [3.8, 4) is 16.2 Å². The van der Waals surface area contributed by atoms with E-state index in [4.69, 9.17) is 4.74 Å². The zero-order valence-electron chi connectivity index (χ0n) is 16.0. The van der Waals surface area contributed by atoms with Gasteiger partial charge in [-0.15, -0.1) is 11.3 Å². The van der Waals surface area contributed by atoms with Crippen LogP contribution in [0.4, 0.5) is 0 Å². The van der Waals surface area contributed by atoms with Crippen LogP contribution < -0.4 is 10.1 Å². The second-order valence-corrected chi connectivity index (χ2v) is 8.66. The summed E-state index contributed by atoms with van der Waals surface area (Å²) in [6.45, 7) is 0. The fourth-order valence-corrected chi connectivity index (χ4v) is 5.66. The summed E-state index contributed by atoms with van der Waals surface area (Å²) in [6.07, 6.45) is 5.21. The molecule has 0 spiro atoms. The molecule has 142 valence electrons. The molecule has 1 N–H and O–H groups in total. The van der Waals surface area contributed by atoms with Gasteiger partial charge in [0.1, 0.15) is 5.75 Å². The van der Waals surface area contributed by atoms with Crippen molar-refractivity contribution in [2.24, 2.45) is 0 Å². The number of ether oxygens (including phenoxy) is 1. The molecule has 1 heterocycles. The Morgan fingerprint density at radius 3 is 2.79 bits per heavy atom. The Morgan fingerprint density at radius 2 is 1.89 bits per heavy atom. The van der Waals surface area contributed by atoms with Gasteiger partial charge >= 0.3 is 0 Å². The summed E-state index contributed by atoms with van der Waals surface area (Å²) in [5.74, 6) is 0.948. The molecule has 5 rings (SSSR count). The maximum absolute atomic E-state index is 13.0. The van der Waals surface area contributed by atoms with Crippen LogP contribution in [0.2, 0.25) is 0 Å². The summed E-state index contributed by atoms with van der Waals surface area (Å²) in [6, 6.07) is 17.0. The van der Waals surface area contributed by atoms with Gasteiger partial charge in [-0.25, -0.2) is 0 Å². The molecule has 2 aromatic carbocycles. The minimum absolute atomic E-state index is 0.0520. The lowest BCUT2D eigenvalue weighted by molar-refractivity contribution is 0.0937. The molecule has 0 bridgehead atoms. The number of nitrogens with one attached hydrogen (secondary N) is 1. The van der Waals surface area contributed by atoms with Crippen LogP contribution in [0.1, 0.15) is 50.8 Å². The first-order chi connectivity index (χ1) is 13.7. The Morgan fingerprint density at radius 1 is 1.04 bits per heavy atom. The third-order valence-electron chi connectivity index (χ3n) is 5.93. The fraction of sp³-hybridized carbons (Fsp3) is 0.292. The number of methoxy groups -OCH3 is 1. The average molecular weight is 390 g/mol. The SMILES string of the molecule is COc1ccc2c(c1)CCc1cc(C(=O)N[C@@H]3CCCc4ccccc43)sc1-2. The first-order valence-corrected chi connectivity index (χ1v) is 10.7. The number of hydrogen-bond acceptors (Lipinski definition) is 3. The van der Waals surface area contributed by atoms with Crippen molar-refractivity contribution in [2.45, 2.75) is 38.1 Å². The molecule has 0 saturated heterocycles. The number of carbonyl (C=O) groups excluding carboxylic acids is 1. The molecular formula is C24H23NO2S. The molecule has 1 amide bonds. The Hall–Kier alpha value is -2.59. The van der Waals surface area contributed by atoms with Gasteiger partial charge < -0.3 is 10.1 Å². The molecule has 0 fully saturated rings. The van der Waals surface area contributed by atoms with Crippen molar-refractivity contribution in [3.05, 3.63) is 75.7 Å². The third-order valence-corrected chi connectivity index (χ3v) is 7.14. The van der Waals surface area contributed by atoms with Crippen LogP contribution >= 0.6 is 11.3 Å². The quantitative estimate of drug-likeness (QED) is 0.657. The van der Waals surface area contributed by atoms with Crippen LogP contribution in [0.3, 0.4) is 0 Å². The Labute approximate surface area is 169 Å². The van der Waals surface area contributed by atoms with E-state index in [0.29, 0.717) is 0 Å². The lowest BCUT2D eigenvalue weighted by Gasteiger charge is -2.26. The van der Waals surface area contributed by atoms with Gasteiger partial charge in [0.2, 0.25) is 0 Å². The number of amides is 1. The van der Waals surface area contributed by atoms with Crippen LogP contribution in [-0.2, 0) is 19.3 Å². The van der Waals surface area contributed by atoms with Gasteiger partial charge in [0.25, 0.3) is 5.91 Å². The third kappa shape index (κ3) is 3.02. The number of rotatable bonds is 3. The van der Waals surface area contributed by atoms with Gasteiger partial charge in [0.05, 0.1) is 18.0 Å². The topological polar surface area (TPSA) is 38.3 Å². The molecule has 1 aromatic heterocycles. The lowest BCUT2D eigenvalue weighted by Crippen LogP contribution is -2.30. The Bertz CT molecular complexity index is 1050. The van der Waals surface area contributed by atoms with Crippen LogP contribution in [0, 0.1) is 0 Å². The zero-order chi connectivity index (χ0) is 19.1. The second-order valence-electron chi connectivity index (χ2n) is 7.61. The number of benzene rings is 2. The molecule has 1 atom stereocenters. The molecular weight excluding hydrogens is 366 g/mol. The van der Waals surface area contributed by atoms with Gasteiger partial charge in [-0.1, -0.05) is 24.3 Å². The van der Waals surface area contributed by atoms with E-state index < -0.39 is 0 Å². The summed E-state index contributed by atoms with van der Waals surface area (Å²) in [5.41, 5.74) is 6.49. The molecule has 3 aromatic rings. The highest BCUT2D eigenvalue weighted by Crippen LogP contribution is 2.41. The molecule has 0 aliphatic heterocycles. The highest BCUT2D eigenvalue weighted by atomic mass is 32.1. The van der Waals surface area contributed by atoms with E-state index in [2.05, 4.69) is 47.8 Å². The minimum atomic E-state index is 0.0520. The van der Waals surface area contributed by atoms with E-state index >= 15 is 0 Å². The molecule has 0 radical (unpaired) electrons. The number of hydrogen-bond donors (Lipinski definition) is 1. The molecule has 2 aliphatic rings. The first-order valence-electron chi connectivity index (χ1n) is 9.91. The number of carbonyl (C=O) groups is 1. The van der Waals surface area contributed by atoms with E-state index in [1.807, 2.05) is 6.07 Å². The summed E-state index contributed by atoms with van der Waals surface area (Å²) in [4.78, 5) is 15.1. The average Bonchev–Trinajstić information content (AvgIpc) is 3.18. The summed E-state index contributed by atoms with van der Waals surface area (Å²) >= 11 is 1.62. The maximum atomic E-state index is 13.0. The molecule has 4 heteroatoms. The van der Waals surface area contributed by atoms with E-state index in [9.17, 15) is 4.79 Å². The fourth-order valence-electron chi connectivity index (χ4n) is 4.48. The van der Waals surface area contributed by atoms with Gasteiger partial charge in [-0.3, -0.25) is 4.79 Å². The van der Waals surface area contributed by atoms with Crippen LogP contribution in [0.15, 0.2) is 48.5 Å². The highest BCUT2D eigenvalue weighted by molar-refractivity contribution is 7.17. The summed E-state index contributed by atoms with van der Waals surface area (Å²) < 4.78 is 5.36. The number of thiophene rings is 1. The van der Waals surface area contributed by atoms with Gasteiger partial charge in [0.15, 0.2) is 0 Å². The number of fused-ring (bicyclic) bond motifs is 4. The van der Waals surface area contributed by atoms with Crippen molar-refractivity contribution in [1.29, 1.82) is 0 Å². The molecule has 0 unspecified atom stereocenters. The predicted octanol–water partition coefficient (Wildman–Crippen LogP) is 5.33. The molecule has 2 aliphatic carbocycles. The minimum Gasteiger partial charge on any atom is -0.497 e. The van der Waals surface area contributed by atoms with E-state index in [-0.39, 0.29) is 11.9 Å². The predicted molar refractivity (Wildman–Crippen MR) is 113 cm³/mol. The van der Waals surface area contributed by atoms with Crippen molar-refractivity contribution >= 4 is 17.2 Å². The summed E-state index contributed by atoms with van der Waals surface area (Å²) in [5, 5.41) is 3.29. The first kappa shape index (κ1) is 17.5. The largest absolute Gasteiger partial charge is 0.497 e. The van der Waals surface area contributed by atoms with Crippen molar-refractivity contribution < 1.29 is 9.53 Å². The Kier molecular flexibility index (Phi) is 4.44. The highest BCUT2D eigenvalue weighted by Gasteiger charge is 2.25. The monoisotopic (exact) mass is 389 g/mol. The lowest BCUT2D eigenvalue weighted by atomic mass is 9.87. The standard InChI is InChI=1S/C24H23NO2S/c1-27-18-11-12-20-16(13-18)9-10-17-14-22(28-23(17)20)24(26)25-21-8-4-6-15-5-2-3-7-19(15)21/h2-3,5,7,11-14,21H,4,6,8-10H2,1H3,(H,25,26)/t21-/m1/s1. The van der Waals surface area contributed by atoms with Crippen molar-refractivity contribution in [1.82, 2.24) is 5.32 Å². The Balaban J connectivity index is 1.41. The maximum Gasteiger partial charge on any atom is 0.261 e. The number of aryl methyl sites for hydroxylation is 3. The van der Waals surface area contributed by atoms with Crippen LogP contribution in [0.25, 0.3) is 10.4 Å².